The summed E-state index contributed by atoms with van der Waals surface area (Å²) in [5.41, 5.74) is 4.08. The van der Waals surface area contributed by atoms with E-state index >= 15 is 0 Å². The molecule has 2 rings (SSSR count). The van der Waals surface area contributed by atoms with E-state index in [0.717, 1.165) is 30.4 Å². The summed E-state index contributed by atoms with van der Waals surface area (Å²) in [6.45, 7) is 7.42. The number of hydrogen-bond acceptors (Lipinski definition) is 2. The van der Waals surface area contributed by atoms with E-state index in [0.29, 0.717) is 0 Å². The van der Waals surface area contributed by atoms with Crippen molar-refractivity contribution in [2.75, 3.05) is 0 Å². The van der Waals surface area contributed by atoms with Gasteiger partial charge in [0.2, 0.25) is 0 Å². The van der Waals surface area contributed by atoms with Gasteiger partial charge in [0.25, 0.3) is 0 Å². The van der Waals surface area contributed by atoms with Crippen LogP contribution in [0, 0.1) is 0 Å². The van der Waals surface area contributed by atoms with Crippen LogP contribution in [-0.2, 0) is 12.8 Å². The van der Waals surface area contributed by atoms with Crippen LogP contribution < -0.4 is 0 Å². The van der Waals surface area contributed by atoms with E-state index in [1.54, 1.807) is 13.8 Å². The van der Waals surface area contributed by atoms with Crippen LogP contribution in [0.4, 0.5) is 0 Å². The Balaban J connectivity index is 0.000000231. The third kappa shape index (κ3) is 6.19. The Bertz CT molecular complexity index is 656. The molecule has 23 heavy (non-hydrogen) atoms. The zero-order valence-corrected chi connectivity index (χ0v) is 14.6. The molecule has 0 spiro atoms. The number of ketones is 2. The van der Waals surface area contributed by atoms with Gasteiger partial charge in [-0.2, -0.15) is 0 Å². The lowest BCUT2D eigenvalue weighted by molar-refractivity contribution is 0.100. The highest BCUT2D eigenvalue weighted by Gasteiger charge is 2.03. The van der Waals surface area contributed by atoms with Crippen molar-refractivity contribution in [1.29, 1.82) is 0 Å². The number of hydrogen-bond donors (Lipinski definition) is 0. The standard InChI is InChI=1S/C11H14O.C10H12O/c1-3-6-10-7-4-5-8-11(10)9(2)12;1-3-9-5-4-6-10(7-9)8(2)11/h4-5,7-8H,3,6H2,1-2H3;4-7H,3H2,1-2H3. The molecule has 0 aliphatic carbocycles. The molecule has 2 heteroatoms. The Labute approximate surface area is 139 Å². The SMILES string of the molecule is CCCc1ccccc1C(C)=O.CCc1cccc(C(C)=O)c1. The minimum absolute atomic E-state index is 0.139. The second-order valence-electron chi connectivity index (χ2n) is 5.57. The second kappa shape index (κ2) is 9.73. The van der Waals surface area contributed by atoms with Gasteiger partial charge in [-0.05, 0) is 43.9 Å². The summed E-state index contributed by atoms with van der Waals surface area (Å²) >= 11 is 0. The van der Waals surface area contributed by atoms with Crippen LogP contribution in [0.25, 0.3) is 0 Å². The van der Waals surface area contributed by atoms with Gasteiger partial charge < -0.3 is 0 Å². The third-order valence-corrected chi connectivity index (χ3v) is 3.66. The number of carbonyl (C=O) groups excluding carboxylic acids is 2. The van der Waals surface area contributed by atoms with E-state index in [1.165, 1.54) is 11.1 Å². The van der Waals surface area contributed by atoms with Crippen molar-refractivity contribution < 1.29 is 9.59 Å². The molecule has 122 valence electrons. The molecule has 0 N–H and O–H groups in total. The van der Waals surface area contributed by atoms with E-state index in [4.69, 9.17) is 0 Å². The van der Waals surface area contributed by atoms with Gasteiger partial charge in [0.15, 0.2) is 11.6 Å². The average molecular weight is 310 g/mol. The van der Waals surface area contributed by atoms with Gasteiger partial charge in [-0.25, -0.2) is 0 Å². The van der Waals surface area contributed by atoms with Crippen molar-refractivity contribution in [2.24, 2.45) is 0 Å². The average Bonchev–Trinajstić information content (AvgIpc) is 2.56. The molecule has 0 amide bonds. The Morgan fingerprint density at radius 2 is 1.57 bits per heavy atom. The van der Waals surface area contributed by atoms with Crippen LogP contribution in [-0.4, -0.2) is 11.6 Å². The molecule has 2 nitrogen and oxygen atoms in total. The minimum Gasteiger partial charge on any atom is -0.295 e. The highest BCUT2D eigenvalue weighted by molar-refractivity contribution is 5.95. The van der Waals surface area contributed by atoms with Crippen molar-refractivity contribution in [2.45, 2.75) is 47.0 Å². The fourth-order valence-corrected chi connectivity index (χ4v) is 2.36. The number of aryl methyl sites for hydroxylation is 2. The molecule has 2 aromatic carbocycles. The molecule has 0 unspecified atom stereocenters. The van der Waals surface area contributed by atoms with Gasteiger partial charge in [0.1, 0.15) is 0 Å². The monoisotopic (exact) mass is 310 g/mol. The lowest BCUT2D eigenvalue weighted by Gasteiger charge is -2.03. The van der Waals surface area contributed by atoms with Crippen molar-refractivity contribution in [1.82, 2.24) is 0 Å². The molecular formula is C21H26O2. The maximum Gasteiger partial charge on any atom is 0.160 e. The summed E-state index contributed by atoms with van der Waals surface area (Å²) in [6.07, 6.45) is 3.07. The first-order chi connectivity index (χ1) is 11.0. The number of rotatable bonds is 5. The molecule has 0 aliphatic rings. The van der Waals surface area contributed by atoms with Crippen LogP contribution in [0.15, 0.2) is 48.5 Å². The van der Waals surface area contributed by atoms with Crippen LogP contribution in [0.1, 0.15) is 66.0 Å². The third-order valence-electron chi connectivity index (χ3n) is 3.66. The van der Waals surface area contributed by atoms with Gasteiger partial charge in [-0.15, -0.1) is 0 Å². The zero-order chi connectivity index (χ0) is 17.2. The first kappa shape index (κ1) is 18.8. The number of carbonyl (C=O) groups is 2. The molecule has 0 fully saturated rings. The van der Waals surface area contributed by atoms with Crippen LogP contribution in [0.3, 0.4) is 0 Å². The molecular weight excluding hydrogens is 284 g/mol. The normalized spacial score (nSPS) is 9.74. The second-order valence-corrected chi connectivity index (χ2v) is 5.57. The quantitative estimate of drug-likeness (QED) is 0.703. The molecule has 0 heterocycles. The maximum absolute atomic E-state index is 11.1. The van der Waals surface area contributed by atoms with Gasteiger partial charge in [0.05, 0.1) is 0 Å². The zero-order valence-electron chi connectivity index (χ0n) is 14.6. The maximum atomic E-state index is 11.1. The van der Waals surface area contributed by atoms with Crippen LogP contribution in [0.5, 0.6) is 0 Å². The van der Waals surface area contributed by atoms with Crippen molar-refractivity contribution in [3.8, 4) is 0 Å². The molecule has 0 aliphatic heterocycles. The van der Waals surface area contributed by atoms with Gasteiger partial charge >= 0.3 is 0 Å². The Hall–Kier alpha value is -2.22. The highest BCUT2D eigenvalue weighted by atomic mass is 16.1. The number of benzene rings is 2. The molecule has 0 atom stereocenters. The Kier molecular flexibility index (Phi) is 7.96. The van der Waals surface area contributed by atoms with Gasteiger partial charge in [-0.1, -0.05) is 62.7 Å². The molecule has 0 aromatic heterocycles. The van der Waals surface area contributed by atoms with Gasteiger partial charge in [0, 0.05) is 11.1 Å². The first-order valence-electron chi connectivity index (χ1n) is 8.18. The Morgan fingerprint density at radius 1 is 0.870 bits per heavy atom. The lowest BCUT2D eigenvalue weighted by atomic mass is 10.0. The van der Waals surface area contributed by atoms with E-state index in [9.17, 15) is 9.59 Å². The molecule has 0 radical (unpaired) electrons. The fourth-order valence-electron chi connectivity index (χ4n) is 2.36. The van der Waals surface area contributed by atoms with Crippen LogP contribution >= 0.6 is 0 Å². The van der Waals surface area contributed by atoms with Gasteiger partial charge in [-0.3, -0.25) is 9.59 Å². The van der Waals surface area contributed by atoms with Crippen molar-refractivity contribution in [3.05, 3.63) is 70.8 Å². The fraction of sp³-hybridized carbons (Fsp3) is 0.333. The molecule has 0 saturated heterocycles. The van der Waals surface area contributed by atoms with Crippen LogP contribution in [0.2, 0.25) is 0 Å². The van der Waals surface area contributed by atoms with E-state index < -0.39 is 0 Å². The summed E-state index contributed by atoms with van der Waals surface area (Å²) in [4.78, 5) is 22.1. The summed E-state index contributed by atoms with van der Waals surface area (Å²) < 4.78 is 0. The largest absolute Gasteiger partial charge is 0.295 e. The predicted molar refractivity (Wildman–Crippen MR) is 96.3 cm³/mol. The minimum atomic E-state index is 0.139. The van der Waals surface area contributed by atoms with Crippen molar-refractivity contribution >= 4 is 11.6 Å². The smallest absolute Gasteiger partial charge is 0.160 e. The van der Waals surface area contributed by atoms with Crippen molar-refractivity contribution in [3.63, 3.8) is 0 Å². The molecule has 2 aromatic rings. The first-order valence-corrected chi connectivity index (χ1v) is 8.18. The summed E-state index contributed by atoms with van der Waals surface area (Å²) in [7, 11) is 0. The Morgan fingerprint density at radius 3 is 2.13 bits per heavy atom. The van der Waals surface area contributed by atoms with E-state index in [-0.39, 0.29) is 11.6 Å². The predicted octanol–water partition coefficient (Wildman–Crippen LogP) is 5.29. The lowest BCUT2D eigenvalue weighted by Crippen LogP contribution is -1.98. The highest BCUT2D eigenvalue weighted by Crippen LogP contribution is 2.11. The number of Topliss-reactive ketones (excluding diaryl/α,β-unsaturated/α-hetero) is 2. The topological polar surface area (TPSA) is 34.1 Å². The summed E-state index contributed by atoms with van der Waals surface area (Å²) in [5.74, 6) is 0.305. The molecule has 0 saturated carbocycles. The summed E-state index contributed by atoms with van der Waals surface area (Å²) in [6, 6.07) is 15.6. The molecule has 0 bridgehead atoms. The van der Waals surface area contributed by atoms with E-state index in [1.807, 2.05) is 48.5 Å². The summed E-state index contributed by atoms with van der Waals surface area (Å²) in [5, 5.41) is 0. The van der Waals surface area contributed by atoms with E-state index in [2.05, 4.69) is 13.8 Å².